The average Bonchev–Trinajstić information content (AvgIpc) is 2.74. The van der Waals surface area contributed by atoms with Crippen molar-refractivity contribution in [3.63, 3.8) is 0 Å². The number of carbonyl (C=O) groups excluding carboxylic acids is 1. The van der Waals surface area contributed by atoms with Crippen LogP contribution < -0.4 is 14.8 Å². The maximum absolute atomic E-state index is 12.2. The van der Waals surface area contributed by atoms with Gasteiger partial charge in [0, 0.05) is 26.2 Å². The summed E-state index contributed by atoms with van der Waals surface area (Å²) in [7, 11) is 1.61. The summed E-state index contributed by atoms with van der Waals surface area (Å²) in [5, 5.41) is 3.43. The normalized spacial score (nSPS) is 14.0. The standard InChI is InChI=1S/C22H28N2O4/c1-17-3-5-18(6-4-17)14-23-15-19-7-8-20(21(13-19)26-2)28-16-22(25)24-9-11-27-12-10-24/h3-8,13,23H,9-12,14-16H2,1-2H3. The Labute approximate surface area is 166 Å². The maximum atomic E-state index is 12.2. The molecule has 2 aromatic rings. The quantitative estimate of drug-likeness (QED) is 0.758. The van der Waals surface area contributed by atoms with Gasteiger partial charge in [0.2, 0.25) is 0 Å². The number of hydrogen-bond donors (Lipinski definition) is 1. The topological polar surface area (TPSA) is 60.0 Å². The third-order valence-corrected chi connectivity index (χ3v) is 4.72. The molecule has 2 aromatic carbocycles. The minimum Gasteiger partial charge on any atom is -0.493 e. The lowest BCUT2D eigenvalue weighted by atomic mass is 10.1. The largest absolute Gasteiger partial charge is 0.493 e. The Balaban J connectivity index is 1.51. The number of nitrogens with one attached hydrogen (secondary N) is 1. The molecule has 0 aromatic heterocycles. The van der Waals surface area contributed by atoms with E-state index in [1.807, 2.05) is 18.2 Å². The molecule has 1 saturated heterocycles. The monoisotopic (exact) mass is 384 g/mol. The average molecular weight is 384 g/mol. The number of amides is 1. The van der Waals surface area contributed by atoms with E-state index in [1.54, 1.807) is 12.0 Å². The summed E-state index contributed by atoms with van der Waals surface area (Å²) in [5.41, 5.74) is 3.60. The lowest BCUT2D eigenvalue weighted by Crippen LogP contribution is -2.43. The number of nitrogens with zero attached hydrogens (tertiary/aromatic N) is 1. The first kappa shape index (κ1) is 20.2. The van der Waals surface area contributed by atoms with E-state index in [1.165, 1.54) is 11.1 Å². The second kappa shape index (κ2) is 10.1. The molecule has 150 valence electrons. The molecule has 1 aliphatic rings. The van der Waals surface area contributed by atoms with Gasteiger partial charge >= 0.3 is 0 Å². The molecular weight excluding hydrogens is 356 g/mol. The number of benzene rings is 2. The van der Waals surface area contributed by atoms with Gasteiger partial charge in [-0.1, -0.05) is 35.9 Å². The first-order valence-corrected chi connectivity index (χ1v) is 9.57. The minimum absolute atomic E-state index is 0.00137. The molecule has 0 aliphatic carbocycles. The van der Waals surface area contributed by atoms with E-state index in [2.05, 4.69) is 36.5 Å². The molecule has 6 heteroatoms. The third kappa shape index (κ3) is 5.71. The lowest BCUT2D eigenvalue weighted by molar-refractivity contribution is -0.137. The minimum atomic E-state index is -0.0332. The van der Waals surface area contributed by atoms with E-state index >= 15 is 0 Å². The second-order valence-electron chi connectivity index (χ2n) is 6.86. The molecule has 0 radical (unpaired) electrons. The van der Waals surface area contributed by atoms with Crippen LogP contribution in [0.25, 0.3) is 0 Å². The Morgan fingerprint density at radius 2 is 1.71 bits per heavy atom. The van der Waals surface area contributed by atoms with E-state index in [4.69, 9.17) is 14.2 Å². The highest BCUT2D eigenvalue weighted by atomic mass is 16.5. The number of rotatable bonds is 8. The van der Waals surface area contributed by atoms with Crippen LogP contribution in [0.15, 0.2) is 42.5 Å². The number of hydrogen-bond acceptors (Lipinski definition) is 5. The molecule has 28 heavy (non-hydrogen) atoms. The summed E-state index contributed by atoms with van der Waals surface area (Å²) < 4.78 is 16.4. The fraction of sp³-hybridized carbons (Fsp3) is 0.409. The first-order chi connectivity index (χ1) is 13.7. The van der Waals surface area contributed by atoms with Crippen molar-refractivity contribution in [1.82, 2.24) is 10.2 Å². The van der Waals surface area contributed by atoms with Crippen molar-refractivity contribution in [2.75, 3.05) is 40.0 Å². The van der Waals surface area contributed by atoms with Gasteiger partial charge in [-0.25, -0.2) is 0 Å². The van der Waals surface area contributed by atoms with Gasteiger partial charge in [-0.15, -0.1) is 0 Å². The molecule has 1 N–H and O–H groups in total. The zero-order valence-corrected chi connectivity index (χ0v) is 16.6. The summed E-state index contributed by atoms with van der Waals surface area (Å²) in [6, 6.07) is 14.3. The molecule has 0 saturated carbocycles. The van der Waals surface area contributed by atoms with Crippen LogP contribution in [0.4, 0.5) is 0 Å². The van der Waals surface area contributed by atoms with Crippen LogP contribution >= 0.6 is 0 Å². The maximum Gasteiger partial charge on any atom is 0.260 e. The summed E-state index contributed by atoms with van der Waals surface area (Å²) in [5.74, 6) is 1.17. The second-order valence-corrected chi connectivity index (χ2v) is 6.86. The Bertz CT molecular complexity index is 771. The number of aryl methyl sites for hydroxylation is 1. The SMILES string of the molecule is COc1cc(CNCc2ccc(C)cc2)ccc1OCC(=O)N1CCOCC1. The molecule has 0 bridgehead atoms. The van der Waals surface area contributed by atoms with Gasteiger partial charge in [-0.3, -0.25) is 4.79 Å². The van der Waals surface area contributed by atoms with Crippen LogP contribution in [0, 0.1) is 6.92 Å². The Hall–Kier alpha value is -2.57. The Kier molecular flexibility index (Phi) is 7.28. The number of carbonyl (C=O) groups is 1. The number of methoxy groups -OCH3 is 1. The Morgan fingerprint density at radius 3 is 2.43 bits per heavy atom. The lowest BCUT2D eigenvalue weighted by Gasteiger charge is -2.26. The first-order valence-electron chi connectivity index (χ1n) is 9.57. The van der Waals surface area contributed by atoms with Gasteiger partial charge in [-0.05, 0) is 30.2 Å². The van der Waals surface area contributed by atoms with Crippen molar-refractivity contribution >= 4 is 5.91 Å². The van der Waals surface area contributed by atoms with Crippen LogP contribution in [0.5, 0.6) is 11.5 Å². The van der Waals surface area contributed by atoms with Gasteiger partial charge < -0.3 is 24.4 Å². The molecule has 0 unspecified atom stereocenters. The van der Waals surface area contributed by atoms with E-state index in [-0.39, 0.29) is 12.5 Å². The van der Waals surface area contributed by atoms with E-state index < -0.39 is 0 Å². The van der Waals surface area contributed by atoms with Crippen molar-refractivity contribution in [3.05, 3.63) is 59.2 Å². The predicted molar refractivity (Wildman–Crippen MR) is 108 cm³/mol. The van der Waals surface area contributed by atoms with E-state index in [0.717, 1.165) is 18.7 Å². The van der Waals surface area contributed by atoms with Gasteiger partial charge in [0.15, 0.2) is 18.1 Å². The summed E-state index contributed by atoms with van der Waals surface area (Å²) in [4.78, 5) is 14.0. The zero-order valence-electron chi connectivity index (χ0n) is 16.6. The van der Waals surface area contributed by atoms with Crippen molar-refractivity contribution in [1.29, 1.82) is 0 Å². The molecule has 0 spiro atoms. The number of morpholine rings is 1. The highest BCUT2D eigenvalue weighted by molar-refractivity contribution is 5.78. The van der Waals surface area contributed by atoms with Gasteiger partial charge in [0.05, 0.1) is 20.3 Å². The molecule has 1 aliphatic heterocycles. The highest BCUT2D eigenvalue weighted by Gasteiger charge is 2.18. The van der Waals surface area contributed by atoms with Gasteiger partial charge in [0.25, 0.3) is 5.91 Å². The molecule has 1 heterocycles. The predicted octanol–water partition coefficient (Wildman–Crippen LogP) is 2.53. The summed E-state index contributed by atoms with van der Waals surface area (Å²) in [6.07, 6.45) is 0. The van der Waals surface area contributed by atoms with E-state index in [0.29, 0.717) is 37.8 Å². The van der Waals surface area contributed by atoms with Crippen molar-refractivity contribution in [2.45, 2.75) is 20.0 Å². The van der Waals surface area contributed by atoms with Crippen LogP contribution in [-0.2, 0) is 22.6 Å². The number of ether oxygens (including phenoxy) is 3. The highest BCUT2D eigenvalue weighted by Crippen LogP contribution is 2.28. The smallest absolute Gasteiger partial charge is 0.260 e. The van der Waals surface area contributed by atoms with Gasteiger partial charge in [-0.2, -0.15) is 0 Å². The fourth-order valence-electron chi connectivity index (χ4n) is 3.04. The van der Waals surface area contributed by atoms with E-state index in [9.17, 15) is 4.79 Å². The Morgan fingerprint density at radius 1 is 1.04 bits per heavy atom. The summed E-state index contributed by atoms with van der Waals surface area (Å²) in [6.45, 7) is 6.00. The fourth-order valence-corrected chi connectivity index (χ4v) is 3.04. The van der Waals surface area contributed by atoms with Crippen LogP contribution in [0.1, 0.15) is 16.7 Å². The molecule has 1 amide bonds. The van der Waals surface area contributed by atoms with Crippen molar-refractivity contribution in [2.24, 2.45) is 0 Å². The molecule has 3 rings (SSSR count). The molecule has 0 atom stereocenters. The van der Waals surface area contributed by atoms with Crippen LogP contribution in [0.2, 0.25) is 0 Å². The van der Waals surface area contributed by atoms with Crippen LogP contribution in [-0.4, -0.2) is 50.8 Å². The molecular formula is C22H28N2O4. The zero-order chi connectivity index (χ0) is 19.8. The third-order valence-electron chi connectivity index (χ3n) is 4.72. The van der Waals surface area contributed by atoms with Gasteiger partial charge in [0.1, 0.15) is 0 Å². The molecule has 1 fully saturated rings. The van der Waals surface area contributed by atoms with Crippen molar-refractivity contribution in [3.8, 4) is 11.5 Å². The summed E-state index contributed by atoms with van der Waals surface area (Å²) >= 11 is 0. The van der Waals surface area contributed by atoms with Crippen LogP contribution in [0.3, 0.4) is 0 Å². The molecule has 6 nitrogen and oxygen atoms in total. The van der Waals surface area contributed by atoms with Crippen molar-refractivity contribution < 1.29 is 19.0 Å².